The molecule has 0 atom stereocenters. The van der Waals surface area contributed by atoms with Gasteiger partial charge < -0.3 is 5.11 Å². The number of sulfonamides is 1. The third kappa shape index (κ3) is 2.45. The van der Waals surface area contributed by atoms with E-state index in [4.69, 9.17) is 5.11 Å². The average molecular weight is 297 g/mol. The fourth-order valence-electron chi connectivity index (χ4n) is 1.68. The van der Waals surface area contributed by atoms with Crippen molar-refractivity contribution in [2.75, 3.05) is 4.72 Å². The lowest BCUT2D eigenvalue weighted by Gasteiger charge is -2.08. The van der Waals surface area contributed by atoms with Gasteiger partial charge in [-0.25, -0.2) is 23.2 Å². The Morgan fingerprint density at radius 2 is 1.95 bits per heavy atom. The topological polar surface area (TPSA) is 138 Å². The first-order chi connectivity index (χ1) is 9.33. The molecule has 0 aliphatic rings. The number of carboxylic acid groups (broad SMARTS) is 1. The van der Waals surface area contributed by atoms with Crippen LogP contribution in [0.1, 0.15) is 21.9 Å². The van der Waals surface area contributed by atoms with Crippen molar-refractivity contribution in [3.63, 3.8) is 0 Å². The number of carbonyl (C=O) groups is 1. The van der Waals surface area contributed by atoms with Crippen molar-refractivity contribution in [2.24, 2.45) is 0 Å². The first kappa shape index (κ1) is 13.9. The van der Waals surface area contributed by atoms with Crippen LogP contribution in [-0.2, 0) is 10.0 Å². The number of aryl methyl sites for hydroxylation is 2. The number of nitrogens with zero attached hydrogens (tertiary/aromatic N) is 3. The number of aromatic amines is 1. The number of carboxylic acids is 1. The van der Waals surface area contributed by atoms with Gasteiger partial charge in [-0.05, 0) is 13.8 Å². The summed E-state index contributed by atoms with van der Waals surface area (Å²) in [5, 5.41) is 15.3. The van der Waals surface area contributed by atoms with E-state index in [2.05, 4.69) is 24.9 Å². The molecule has 3 N–H and O–H groups in total. The highest BCUT2D eigenvalue weighted by Gasteiger charge is 2.25. The van der Waals surface area contributed by atoms with Crippen LogP contribution in [0.3, 0.4) is 0 Å². The molecule has 106 valence electrons. The number of rotatable bonds is 4. The fraction of sp³-hybridized carbons (Fsp3) is 0.200. The molecule has 0 aromatic carbocycles. The van der Waals surface area contributed by atoms with Crippen molar-refractivity contribution >= 4 is 21.8 Å². The molecule has 9 nitrogen and oxygen atoms in total. The maximum absolute atomic E-state index is 12.2. The average Bonchev–Trinajstić information content (AvgIpc) is 2.69. The summed E-state index contributed by atoms with van der Waals surface area (Å²) in [4.78, 5) is 18.2. The van der Waals surface area contributed by atoms with Crippen LogP contribution in [0.2, 0.25) is 0 Å². The smallest absolute Gasteiger partial charge is 0.358 e. The third-order valence-corrected chi connectivity index (χ3v) is 4.06. The molecule has 0 saturated heterocycles. The highest BCUT2D eigenvalue weighted by atomic mass is 32.2. The van der Waals surface area contributed by atoms with Gasteiger partial charge in [0.05, 0.1) is 11.4 Å². The number of nitrogens with one attached hydrogen (secondary N) is 2. The Kier molecular flexibility index (Phi) is 3.40. The van der Waals surface area contributed by atoms with E-state index in [1.165, 1.54) is 13.1 Å². The molecule has 10 heteroatoms. The Morgan fingerprint density at radius 3 is 2.50 bits per heavy atom. The lowest BCUT2D eigenvalue weighted by atomic mass is 10.4. The van der Waals surface area contributed by atoms with Gasteiger partial charge in [0, 0.05) is 12.4 Å². The molecule has 2 aromatic rings. The van der Waals surface area contributed by atoms with Gasteiger partial charge in [0.15, 0.2) is 11.5 Å². The van der Waals surface area contributed by atoms with Gasteiger partial charge in [-0.3, -0.25) is 9.82 Å². The summed E-state index contributed by atoms with van der Waals surface area (Å²) in [6.07, 6.45) is 2.36. The number of aromatic nitrogens is 4. The maximum atomic E-state index is 12.2. The highest BCUT2D eigenvalue weighted by Crippen LogP contribution is 2.20. The third-order valence-electron chi connectivity index (χ3n) is 2.46. The molecule has 2 heterocycles. The van der Waals surface area contributed by atoms with Crippen molar-refractivity contribution in [2.45, 2.75) is 18.7 Å². The first-order valence-electron chi connectivity index (χ1n) is 5.41. The van der Waals surface area contributed by atoms with Crippen LogP contribution in [0.4, 0.5) is 5.82 Å². The minimum atomic E-state index is -4.00. The highest BCUT2D eigenvalue weighted by molar-refractivity contribution is 7.92. The Hall–Kier alpha value is -2.49. The number of H-pyrrole nitrogens is 1. The molecule has 0 bridgehead atoms. The number of anilines is 1. The zero-order chi connectivity index (χ0) is 14.9. The normalized spacial score (nSPS) is 11.3. The van der Waals surface area contributed by atoms with Gasteiger partial charge in [-0.15, -0.1) is 0 Å². The second-order valence-corrected chi connectivity index (χ2v) is 5.55. The van der Waals surface area contributed by atoms with Crippen LogP contribution in [0.15, 0.2) is 17.3 Å². The van der Waals surface area contributed by atoms with Crippen molar-refractivity contribution in [1.29, 1.82) is 0 Å². The summed E-state index contributed by atoms with van der Waals surface area (Å²) >= 11 is 0. The van der Waals surface area contributed by atoms with Crippen LogP contribution >= 0.6 is 0 Å². The molecular weight excluding hydrogens is 286 g/mol. The van der Waals surface area contributed by atoms with E-state index in [1.807, 2.05) is 0 Å². The molecule has 0 aliphatic heterocycles. The van der Waals surface area contributed by atoms with E-state index in [1.54, 1.807) is 6.92 Å². The van der Waals surface area contributed by atoms with Crippen LogP contribution in [-0.4, -0.2) is 39.7 Å². The maximum Gasteiger partial charge on any atom is 0.358 e. The van der Waals surface area contributed by atoms with Crippen LogP contribution < -0.4 is 4.72 Å². The van der Waals surface area contributed by atoms with E-state index < -0.39 is 21.7 Å². The molecule has 0 aliphatic carbocycles. The Labute approximate surface area is 114 Å². The van der Waals surface area contributed by atoms with Gasteiger partial charge in [0.1, 0.15) is 4.90 Å². The van der Waals surface area contributed by atoms with Crippen molar-refractivity contribution < 1.29 is 18.3 Å². The zero-order valence-corrected chi connectivity index (χ0v) is 11.4. The molecule has 0 radical (unpaired) electrons. The molecule has 20 heavy (non-hydrogen) atoms. The number of aromatic carboxylic acids is 1. The van der Waals surface area contributed by atoms with Gasteiger partial charge in [0.25, 0.3) is 10.0 Å². The number of hydrogen-bond acceptors (Lipinski definition) is 6. The van der Waals surface area contributed by atoms with E-state index >= 15 is 0 Å². The standard InChI is InChI=1S/C10H11N5O4S/c1-5-8(6(2)14-13-5)20(18,19)15-9-7(10(16)17)11-3-4-12-9/h3-4H,1-2H3,(H,12,15)(H,13,14)(H,16,17). The molecule has 0 amide bonds. The van der Waals surface area contributed by atoms with Gasteiger partial charge in [0.2, 0.25) is 0 Å². The predicted molar refractivity (Wildman–Crippen MR) is 67.9 cm³/mol. The first-order valence-corrected chi connectivity index (χ1v) is 6.90. The molecule has 0 saturated carbocycles. The van der Waals surface area contributed by atoms with E-state index in [9.17, 15) is 13.2 Å². The summed E-state index contributed by atoms with van der Waals surface area (Å²) in [7, 11) is -4.00. The second kappa shape index (κ2) is 4.89. The van der Waals surface area contributed by atoms with Crippen LogP contribution in [0.25, 0.3) is 0 Å². The molecule has 0 spiro atoms. The summed E-state index contributed by atoms with van der Waals surface area (Å²) < 4.78 is 26.6. The summed E-state index contributed by atoms with van der Waals surface area (Å²) in [5.41, 5.74) is 0.140. The number of hydrogen-bond donors (Lipinski definition) is 3. The molecular formula is C10H11N5O4S. The van der Waals surface area contributed by atoms with Gasteiger partial charge in [-0.1, -0.05) is 0 Å². The predicted octanol–water partition coefficient (Wildman–Crippen LogP) is 0.316. The minimum Gasteiger partial charge on any atom is -0.476 e. The minimum absolute atomic E-state index is 0.0421. The largest absolute Gasteiger partial charge is 0.476 e. The lowest BCUT2D eigenvalue weighted by molar-refractivity contribution is 0.0691. The Balaban J connectivity index is 2.47. The Bertz CT molecular complexity index is 748. The van der Waals surface area contributed by atoms with Crippen LogP contribution in [0.5, 0.6) is 0 Å². The molecule has 2 aromatic heterocycles. The summed E-state index contributed by atoms with van der Waals surface area (Å²) in [6, 6.07) is 0. The van der Waals surface area contributed by atoms with Crippen molar-refractivity contribution in [1.82, 2.24) is 20.2 Å². The lowest BCUT2D eigenvalue weighted by Crippen LogP contribution is -2.18. The van der Waals surface area contributed by atoms with Gasteiger partial charge in [-0.2, -0.15) is 5.10 Å². The van der Waals surface area contributed by atoms with Crippen molar-refractivity contribution in [3.05, 3.63) is 29.5 Å². The summed E-state index contributed by atoms with van der Waals surface area (Å²) in [5.74, 6) is -1.73. The fourth-order valence-corrected chi connectivity index (χ4v) is 3.07. The van der Waals surface area contributed by atoms with Crippen LogP contribution in [0, 0.1) is 13.8 Å². The molecule has 0 unspecified atom stereocenters. The quantitative estimate of drug-likeness (QED) is 0.738. The van der Waals surface area contributed by atoms with E-state index in [0.717, 1.165) is 6.20 Å². The van der Waals surface area contributed by atoms with Crippen molar-refractivity contribution in [3.8, 4) is 0 Å². The van der Waals surface area contributed by atoms with E-state index in [0.29, 0.717) is 5.69 Å². The molecule has 2 rings (SSSR count). The monoisotopic (exact) mass is 297 g/mol. The van der Waals surface area contributed by atoms with Gasteiger partial charge >= 0.3 is 5.97 Å². The molecule has 0 fully saturated rings. The SMILES string of the molecule is Cc1n[nH]c(C)c1S(=O)(=O)Nc1nccnc1C(=O)O. The summed E-state index contributed by atoms with van der Waals surface area (Å²) in [6.45, 7) is 3.07. The second-order valence-electron chi connectivity index (χ2n) is 3.93. The zero-order valence-electron chi connectivity index (χ0n) is 10.6. The Morgan fingerprint density at radius 1 is 1.30 bits per heavy atom. The van der Waals surface area contributed by atoms with E-state index in [-0.39, 0.29) is 16.4 Å².